The van der Waals surface area contributed by atoms with E-state index in [9.17, 15) is 9.18 Å². The molecule has 1 aromatic heterocycles. The first-order chi connectivity index (χ1) is 7.16. The SMILES string of the molecule is NC(=O)c1nc(-c2cccc(F)c2)c[nH]1. The van der Waals surface area contributed by atoms with Crippen LogP contribution in [0.2, 0.25) is 0 Å². The molecule has 2 aromatic rings. The van der Waals surface area contributed by atoms with Crippen LogP contribution < -0.4 is 5.73 Å². The minimum Gasteiger partial charge on any atom is -0.363 e. The van der Waals surface area contributed by atoms with E-state index in [1.54, 1.807) is 12.1 Å². The second kappa shape index (κ2) is 3.53. The van der Waals surface area contributed by atoms with Gasteiger partial charge in [0.05, 0.1) is 5.69 Å². The fourth-order valence-electron chi connectivity index (χ4n) is 1.24. The zero-order valence-corrected chi connectivity index (χ0v) is 7.70. The van der Waals surface area contributed by atoms with Crippen molar-refractivity contribution in [1.82, 2.24) is 9.97 Å². The number of aromatic nitrogens is 2. The third-order valence-electron chi connectivity index (χ3n) is 1.93. The lowest BCUT2D eigenvalue weighted by atomic mass is 10.2. The van der Waals surface area contributed by atoms with Gasteiger partial charge in [-0.1, -0.05) is 12.1 Å². The number of hydrogen-bond donors (Lipinski definition) is 2. The van der Waals surface area contributed by atoms with Crippen molar-refractivity contribution in [3.8, 4) is 11.3 Å². The molecule has 0 spiro atoms. The molecule has 0 unspecified atom stereocenters. The zero-order valence-electron chi connectivity index (χ0n) is 7.70. The smallest absolute Gasteiger partial charge is 0.284 e. The van der Waals surface area contributed by atoms with Crippen LogP contribution >= 0.6 is 0 Å². The van der Waals surface area contributed by atoms with E-state index < -0.39 is 5.91 Å². The Labute approximate surface area is 84.9 Å². The van der Waals surface area contributed by atoms with E-state index >= 15 is 0 Å². The highest BCUT2D eigenvalue weighted by atomic mass is 19.1. The number of imidazole rings is 1. The second-order valence-corrected chi connectivity index (χ2v) is 3.01. The molecule has 1 amide bonds. The van der Waals surface area contributed by atoms with E-state index in [2.05, 4.69) is 9.97 Å². The van der Waals surface area contributed by atoms with Crippen LogP contribution in [0, 0.1) is 5.82 Å². The highest BCUT2D eigenvalue weighted by Gasteiger charge is 2.07. The van der Waals surface area contributed by atoms with Crippen LogP contribution in [0.15, 0.2) is 30.5 Å². The predicted octanol–water partition coefficient (Wildman–Crippen LogP) is 1.31. The highest BCUT2D eigenvalue weighted by Crippen LogP contribution is 2.17. The normalized spacial score (nSPS) is 10.2. The zero-order chi connectivity index (χ0) is 10.8. The number of nitrogens with one attached hydrogen (secondary N) is 1. The lowest BCUT2D eigenvalue weighted by Crippen LogP contribution is -2.12. The summed E-state index contributed by atoms with van der Waals surface area (Å²) in [4.78, 5) is 17.3. The van der Waals surface area contributed by atoms with Crippen molar-refractivity contribution in [2.24, 2.45) is 5.73 Å². The minimum absolute atomic E-state index is 0.0641. The van der Waals surface area contributed by atoms with Crippen molar-refractivity contribution in [2.75, 3.05) is 0 Å². The number of H-pyrrole nitrogens is 1. The van der Waals surface area contributed by atoms with Crippen LogP contribution in [-0.2, 0) is 0 Å². The van der Waals surface area contributed by atoms with Crippen LogP contribution in [0.25, 0.3) is 11.3 Å². The number of primary amides is 1. The van der Waals surface area contributed by atoms with E-state index in [-0.39, 0.29) is 11.6 Å². The Kier molecular flexibility index (Phi) is 2.21. The van der Waals surface area contributed by atoms with Crippen molar-refractivity contribution >= 4 is 5.91 Å². The number of aromatic amines is 1. The van der Waals surface area contributed by atoms with Gasteiger partial charge in [-0.2, -0.15) is 0 Å². The average Bonchev–Trinajstić information content (AvgIpc) is 2.66. The lowest BCUT2D eigenvalue weighted by Gasteiger charge is -1.95. The molecule has 0 fully saturated rings. The van der Waals surface area contributed by atoms with Gasteiger partial charge in [0, 0.05) is 11.8 Å². The molecule has 76 valence electrons. The standard InChI is InChI=1S/C10H8FN3O/c11-7-3-1-2-6(4-7)8-5-13-10(14-8)9(12)15/h1-5H,(H2,12,15)(H,13,14). The molecule has 0 aliphatic rings. The molecule has 3 N–H and O–H groups in total. The number of carbonyl (C=O) groups is 1. The Morgan fingerprint density at radius 1 is 1.47 bits per heavy atom. The van der Waals surface area contributed by atoms with Crippen molar-refractivity contribution < 1.29 is 9.18 Å². The van der Waals surface area contributed by atoms with Gasteiger partial charge in [-0.05, 0) is 12.1 Å². The van der Waals surface area contributed by atoms with Crippen LogP contribution in [0.4, 0.5) is 4.39 Å². The first-order valence-electron chi connectivity index (χ1n) is 4.28. The maximum Gasteiger partial charge on any atom is 0.284 e. The van der Waals surface area contributed by atoms with Gasteiger partial charge in [-0.3, -0.25) is 4.79 Å². The fraction of sp³-hybridized carbons (Fsp3) is 0. The number of rotatable bonds is 2. The number of benzene rings is 1. The summed E-state index contributed by atoms with van der Waals surface area (Å²) in [7, 11) is 0. The molecule has 1 heterocycles. The molecule has 0 aliphatic heterocycles. The first-order valence-corrected chi connectivity index (χ1v) is 4.28. The Morgan fingerprint density at radius 2 is 2.27 bits per heavy atom. The predicted molar refractivity (Wildman–Crippen MR) is 52.5 cm³/mol. The summed E-state index contributed by atoms with van der Waals surface area (Å²) in [5.74, 6) is -0.928. The Balaban J connectivity index is 2.41. The van der Waals surface area contributed by atoms with Crippen molar-refractivity contribution in [1.29, 1.82) is 0 Å². The van der Waals surface area contributed by atoms with Gasteiger partial charge >= 0.3 is 0 Å². The topological polar surface area (TPSA) is 71.8 Å². The first kappa shape index (κ1) is 9.39. The minimum atomic E-state index is -0.641. The number of nitrogens with two attached hydrogens (primary N) is 1. The molecule has 0 aliphatic carbocycles. The van der Waals surface area contributed by atoms with Crippen LogP contribution in [0.1, 0.15) is 10.6 Å². The Morgan fingerprint density at radius 3 is 2.87 bits per heavy atom. The molecule has 15 heavy (non-hydrogen) atoms. The summed E-state index contributed by atoms with van der Waals surface area (Å²) in [5, 5.41) is 0. The quantitative estimate of drug-likeness (QED) is 0.775. The van der Waals surface area contributed by atoms with Gasteiger partial charge in [-0.25, -0.2) is 9.37 Å². The number of hydrogen-bond acceptors (Lipinski definition) is 2. The maximum absolute atomic E-state index is 12.9. The lowest BCUT2D eigenvalue weighted by molar-refractivity contribution is 0.0991. The number of nitrogens with zero attached hydrogens (tertiary/aromatic N) is 1. The van der Waals surface area contributed by atoms with Gasteiger partial charge in [0.15, 0.2) is 5.82 Å². The fourth-order valence-corrected chi connectivity index (χ4v) is 1.24. The molecule has 0 atom stereocenters. The summed E-state index contributed by atoms with van der Waals surface area (Å²) in [6, 6.07) is 5.94. The Bertz CT molecular complexity index is 507. The highest BCUT2D eigenvalue weighted by molar-refractivity contribution is 5.89. The monoisotopic (exact) mass is 205 g/mol. The molecule has 0 saturated heterocycles. The van der Waals surface area contributed by atoms with Gasteiger partial charge in [0.2, 0.25) is 0 Å². The summed E-state index contributed by atoms with van der Waals surface area (Å²) in [5.41, 5.74) is 6.11. The van der Waals surface area contributed by atoms with E-state index in [0.717, 1.165) is 0 Å². The van der Waals surface area contributed by atoms with Crippen molar-refractivity contribution in [2.45, 2.75) is 0 Å². The maximum atomic E-state index is 12.9. The molecule has 4 nitrogen and oxygen atoms in total. The number of carbonyl (C=O) groups excluding carboxylic acids is 1. The second-order valence-electron chi connectivity index (χ2n) is 3.01. The number of halogens is 1. The van der Waals surface area contributed by atoms with E-state index in [1.165, 1.54) is 18.3 Å². The molecular weight excluding hydrogens is 197 g/mol. The van der Waals surface area contributed by atoms with Crippen LogP contribution in [0.5, 0.6) is 0 Å². The van der Waals surface area contributed by atoms with E-state index in [1.807, 2.05) is 0 Å². The third-order valence-corrected chi connectivity index (χ3v) is 1.93. The summed E-state index contributed by atoms with van der Waals surface area (Å²) in [6.45, 7) is 0. The van der Waals surface area contributed by atoms with Crippen LogP contribution in [0.3, 0.4) is 0 Å². The van der Waals surface area contributed by atoms with Gasteiger partial charge in [0.25, 0.3) is 5.91 Å². The van der Waals surface area contributed by atoms with E-state index in [4.69, 9.17) is 5.73 Å². The molecular formula is C10H8FN3O. The van der Waals surface area contributed by atoms with Crippen molar-refractivity contribution in [3.63, 3.8) is 0 Å². The molecule has 5 heteroatoms. The Hall–Kier alpha value is -2.17. The molecule has 0 saturated carbocycles. The van der Waals surface area contributed by atoms with Gasteiger partial charge in [0.1, 0.15) is 5.82 Å². The van der Waals surface area contributed by atoms with E-state index in [0.29, 0.717) is 11.3 Å². The average molecular weight is 205 g/mol. The summed E-state index contributed by atoms with van der Waals surface area (Å²) >= 11 is 0. The number of amides is 1. The summed E-state index contributed by atoms with van der Waals surface area (Å²) in [6.07, 6.45) is 1.51. The molecule has 2 rings (SSSR count). The molecule has 0 radical (unpaired) electrons. The summed E-state index contributed by atoms with van der Waals surface area (Å²) < 4.78 is 12.9. The largest absolute Gasteiger partial charge is 0.363 e. The van der Waals surface area contributed by atoms with Gasteiger partial charge < -0.3 is 10.7 Å². The molecule has 0 bridgehead atoms. The van der Waals surface area contributed by atoms with Crippen molar-refractivity contribution in [3.05, 3.63) is 42.1 Å². The van der Waals surface area contributed by atoms with Gasteiger partial charge in [-0.15, -0.1) is 0 Å². The molecule has 1 aromatic carbocycles. The third kappa shape index (κ3) is 1.85. The van der Waals surface area contributed by atoms with Crippen LogP contribution in [-0.4, -0.2) is 15.9 Å².